The summed E-state index contributed by atoms with van der Waals surface area (Å²) in [4.78, 5) is 15.3. The van der Waals surface area contributed by atoms with Gasteiger partial charge in [-0.05, 0) is 12.1 Å². The number of H-pyrrole nitrogens is 1. The molecule has 1 aromatic carbocycles. The second kappa shape index (κ2) is 2.41. The van der Waals surface area contributed by atoms with Crippen molar-refractivity contribution >= 4 is 27.8 Å². The Morgan fingerprint density at radius 1 is 1.07 bits per heavy atom. The monoisotopic (exact) mass is 185 g/mol. The highest BCUT2D eigenvalue weighted by molar-refractivity contribution is 6.04. The molecule has 0 unspecified atom stereocenters. The molecule has 0 radical (unpaired) electrons. The summed E-state index contributed by atoms with van der Waals surface area (Å²) in [5.74, 6) is 0.486. The van der Waals surface area contributed by atoms with Crippen LogP contribution in [0, 0.1) is 0 Å². The first-order valence-electron chi connectivity index (χ1n) is 4.18. The van der Waals surface area contributed by atoms with Gasteiger partial charge in [-0.15, -0.1) is 0 Å². The Kier molecular flexibility index (Phi) is 1.25. The van der Waals surface area contributed by atoms with Gasteiger partial charge in [0.25, 0.3) is 0 Å². The summed E-state index contributed by atoms with van der Waals surface area (Å²) in [6, 6.07) is 3.82. The van der Waals surface area contributed by atoms with Crippen molar-refractivity contribution in [2.75, 3.05) is 5.73 Å². The fourth-order valence-corrected chi connectivity index (χ4v) is 1.55. The molecule has 14 heavy (non-hydrogen) atoms. The Balaban J connectivity index is 2.64. The molecule has 0 atom stereocenters. The molecule has 3 aromatic rings. The minimum atomic E-state index is 0.486. The Morgan fingerprint density at radius 3 is 2.93 bits per heavy atom. The lowest BCUT2D eigenvalue weighted by molar-refractivity contribution is 1.23. The Bertz CT molecular complexity index is 613. The summed E-state index contributed by atoms with van der Waals surface area (Å²) in [5, 5.41) is 0.840. The van der Waals surface area contributed by atoms with Crippen LogP contribution in [0.2, 0.25) is 0 Å². The first kappa shape index (κ1) is 7.25. The second-order valence-electron chi connectivity index (χ2n) is 3.02. The maximum absolute atomic E-state index is 5.73. The van der Waals surface area contributed by atoms with Crippen molar-refractivity contribution in [1.29, 1.82) is 0 Å². The number of hydrogen-bond acceptors (Lipinski definition) is 4. The number of nitrogens with one attached hydrogen (secondary N) is 1. The highest BCUT2D eigenvalue weighted by Gasteiger charge is 2.05. The van der Waals surface area contributed by atoms with E-state index in [0.29, 0.717) is 5.82 Å². The van der Waals surface area contributed by atoms with Crippen molar-refractivity contribution < 1.29 is 0 Å². The molecule has 3 N–H and O–H groups in total. The van der Waals surface area contributed by atoms with Crippen LogP contribution in [-0.4, -0.2) is 19.9 Å². The summed E-state index contributed by atoms with van der Waals surface area (Å²) < 4.78 is 0. The minimum absolute atomic E-state index is 0.486. The zero-order valence-electron chi connectivity index (χ0n) is 7.23. The molecule has 0 bridgehead atoms. The molecular weight excluding hydrogens is 178 g/mol. The van der Waals surface area contributed by atoms with E-state index in [2.05, 4.69) is 19.9 Å². The molecule has 0 aliphatic rings. The predicted molar refractivity (Wildman–Crippen MR) is 53.6 cm³/mol. The lowest BCUT2D eigenvalue weighted by Gasteiger charge is -1.99. The molecule has 5 heteroatoms. The van der Waals surface area contributed by atoms with Crippen LogP contribution in [0.15, 0.2) is 24.8 Å². The van der Waals surface area contributed by atoms with Crippen molar-refractivity contribution in [1.82, 2.24) is 19.9 Å². The minimum Gasteiger partial charge on any atom is -0.383 e. The number of aromatic nitrogens is 4. The van der Waals surface area contributed by atoms with E-state index < -0.39 is 0 Å². The summed E-state index contributed by atoms with van der Waals surface area (Å²) in [6.45, 7) is 0. The van der Waals surface area contributed by atoms with Gasteiger partial charge in [0, 0.05) is 5.39 Å². The molecule has 0 amide bonds. The molecule has 0 aliphatic heterocycles. The van der Waals surface area contributed by atoms with Gasteiger partial charge in [-0.2, -0.15) is 0 Å². The van der Waals surface area contributed by atoms with Crippen molar-refractivity contribution in [2.24, 2.45) is 0 Å². The van der Waals surface area contributed by atoms with E-state index >= 15 is 0 Å². The molecule has 0 saturated heterocycles. The van der Waals surface area contributed by atoms with E-state index in [4.69, 9.17) is 5.73 Å². The van der Waals surface area contributed by atoms with E-state index in [1.54, 1.807) is 6.33 Å². The van der Waals surface area contributed by atoms with Gasteiger partial charge in [0.05, 0.1) is 11.8 Å². The average molecular weight is 185 g/mol. The average Bonchev–Trinajstić information content (AvgIpc) is 2.66. The summed E-state index contributed by atoms with van der Waals surface area (Å²) in [5.41, 5.74) is 8.30. The third-order valence-electron chi connectivity index (χ3n) is 2.22. The van der Waals surface area contributed by atoms with Gasteiger partial charge in [-0.1, -0.05) is 0 Å². The Hall–Kier alpha value is -2.17. The van der Waals surface area contributed by atoms with Crippen LogP contribution in [0.1, 0.15) is 0 Å². The standard InChI is InChI=1S/C9H7N5/c10-9-5-1-2-6-8(13-3-11-6)7(5)12-4-14-9/h1-4H,(H,11,13)(H2,10,12,14). The van der Waals surface area contributed by atoms with Crippen LogP contribution in [0.4, 0.5) is 5.82 Å². The fourth-order valence-electron chi connectivity index (χ4n) is 1.55. The maximum Gasteiger partial charge on any atom is 0.134 e. The van der Waals surface area contributed by atoms with Gasteiger partial charge in [0.1, 0.15) is 23.2 Å². The van der Waals surface area contributed by atoms with Crippen LogP contribution in [-0.2, 0) is 0 Å². The van der Waals surface area contributed by atoms with E-state index in [1.807, 2.05) is 12.1 Å². The van der Waals surface area contributed by atoms with Gasteiger partial charge >= 0.3 is 0 Å². The molecular formula is C9H7N5. The first-order valence-corrected chi connectivity index (χ1v) is 4.18. The zero-order chi connectivity index (χ0) is 9.54. The molecule has 0 spiro atoms. The van der Waals surface area contributed by atoms with E-state index in [-0.39, 0.29) is 0 Å². The van der Waals surface area contributed by atoms with Crippen LogP contribution >= 0.6 is 0 Å². The number of rotatable bonds is 0. The topological polar surface area (TPSA) is 80.5 Å². The zero-order valence-corrected chi connectivity index (χ0v) is 7.23. The summed E-state index contributed by atoms with van der Waals surface area (Å²) in [7, 11) is 0. The van der Waals surface area contributed by atoms with E-state index in [9.17, 15) is 0 Å². The third-order valence-corrected chi connectivity index (χ3v) is 2.22. The second-order valence-corrected chi connectivity index (χ2v) is 3.02. The molecule has 0 aliphatic carbocycles. The fraction of sp³-hybridized carbons (Fsp3) is 0. The van der Waals surface area contributed by atoms with Gasteiger partial charge < -0.3 is 10.7 Å². The van der Waals surface area contributed by atoms with Crippen LogP contribution in [0.5, 0.6) is 0 Å². The number of hydrogen-bond donors (Lipinski definition) is 2. The highest BCUT2D eigenvalue weighted by atomic mass is 14.9. The predicted octanol–water partition coefficient (Wildman–Crippen LogP) is 1.09. The summed E-state index contributed by atoms with van der Waals surface area (Å²) in [6.07, 6.45) is 3.09. The molecule has 2 heterocycles. The quantitative estimate of drug-likeness (QED) is 0.549. The SMILES string of the molecule is Nc1ncnc2c1ccc1[nH]cnc12. The maximum atomic E-state index is 5.73. The van der Waals surface area contributed by atoms with Crippen molar-refractivity contribution in [3.63, 3.8) is 0 Å². The highest BCUT2D eigenvalue weighted by Crippen LogP contribution is 2.22. The van der Waals surface area contributed by atoms with Gasteiger partial charge in [0.15, 0.2) is 0 Å². The largest absolute Gasteiger partial charge is 0.383 e. The number of nitrogens with two attached hydrogens (primary N) is 1. The number of fused-ring (bicyclic) bond motifs is 3. The van der Waals surface area contributed by atoms with Gasteiger partial charge in [-0.3, -0.25) is 0 Å². The molecule has 2 aromatic heterocycles. The summed E-state index contributed by atoms with van der Waals surface area (Å²) >= 11 is 0. The van der Waals surface area contributed by atoms with Crippen LogP contribution in [0.3, 0.4) is 0 Å². The Labute approximate surface area is 79.0 Å². The number of benzene rings is 1. The molecule has 0 saturated carbocycles. The number of nitrogen functional groups attached to an aromatic ring is 1. The third kappa shape index (κ3) is 0.806. The number of anilines is 1. The molecule has 3 rings (SSSR count). The lowest BCUT2D eigenvalue weighted by Crippen LogP contribution is -1.93. The number of imidazole rings is 1. The first-order chi connectivity index (χ1) is 6.86. The molecule has 68 valence electrons. The van der Waals surface area contributed by atoms with E-state index in [1.165, 1.54) is 6.33 Å². The number of nitrogens with zero attached hydrogens (tertiary/aromatic N) is 3. The van der Waals surface area contributed by atoms with Crippen molar-refractivity contribution in [3.8, 4) is 0 Å². The lowest BCUT2D eigenvalue weighted by atomic mass is 10.2. The Morgan fingerprint density at radius 2 is 2.00 bits per heavy atom. The molecule has 5 nitrogen and oxygen atoms in total. The van der Waals surface area contributed by atoms with Crippen LogP contribution in [0.25, 0.3) is 21.9 Å². The van der Waals surface area contributed by atoms with Gasteiger partial charge in [0.2, 0.25) is 0 Å². The normalized spacial score (nSPS) is 11.1. The van der Waals surface area contributed by atoms with Gasteiger partial charge in [-0.25, -0.2) is 15.0 Å². The van der Waals surface area contributed by atoms with Crippen molar-refractivity contribution in [3.05, 3.63) is 24.8 Å². The smallest absolute Gasteiger partial charge is 0.134 e. The molecule has 0 fully saturated rings. The van der Waals surface area contributed by atoms with E-state index in [0.717, 1.165) is 21.9 Å². The number of aromatic amines is 1. The van der Waals surface area contributed by atoms with Crippen molar-refractivity contribution in [2.45, 2.75) is 0 Å². The van der Waals surface area contributed by atoms with Crippen LogP contribution < -0.4 is 5.73 Å².